The van der Waals surface area contributed by atoms with Gasteiger partial charge in [-0.15, -0.1) is 0 Å². The molecule has 2 aromatic carbocycles. The van der Waals surface area contributed by atoms with Crippen LogP contribution in [-0.4, -0.2) is 47.0 Å². The molecule has 0 fully saturated rings. The number of ether oxygens (including phenoxy) is 1. The average Bonchev–Trinajstić information content (AvgIpc) is 3.39. The van der Waals surface area contributed by atoms with Crippen LogP contribution >= 0.6 is 0 Å². The number of nitrogens with one attached hydrogen (secondary N) is 3. The highest BCUT2D eigenvalue weighted by atomic mass is 16.5. The second-order valence-corrected chi connectivity index (χ2v) is 7.61. The van der Waals surface area contributed by atoms with Crippen LogP contribution in [0.4, 0.5) is 5.69 Å². The molecule has 0 bridgehead atoms. The number of aryl methyl sites for hydroxylation is 1. The van der Waals surface area contributed by atoms with Crippen LogP contribution in [0, 0.1) is 0 Å². The third kappa shape index (κ3) is 6.68. The summed E-state index contributed by atoms with van der Waals surface area (Å²) in [6.45, 7) is 3.05. The van der Waals surface area contributed by atoms with E-state index in [0.717, 1.165) is 13.0 Å². The van der Waals surface area contributed by atoms with Crippen molar-refractivity contribution >= 4 is 23.4 Å². The molecule has 0 unspecified atom stereocenters. The van der Waals surface area contributed by atoms with E-state index in [2.05, 4.69) is 20.9 Å². The number of aromatic nitrogens is 2. The van der Waals surface area contributed by atoms with Gasteiger partial charge in [0.15, 0.2) is 0 Å². The van der Waals surface area contributed by atoms with Crippen molar-refractivity contribution in [2.24, 2.45) is 0 Å². The highest BCUT2D eigenvalue weighted by molar-refractivity contribution is 6.09. The molecule has 0 aliphatic carbocycles. The molecule has 3 aromatic rings. The fraction of sp³-hybridized carbons (Fsp3) is 0.280. The van der Waals surface area contributed by atoms with Crippen molar-refractivity contribution in [3.8, 4) is 5.75 Å². The monoisotopic (exact) mass is 463 g/mol. The van der Waals surface area contributed by atoms with Gasteiger partial charge in [0.25, 0.3) is 11.8 Å². The van der Waals surface area contributed by atoms with Crippen LogP contribution in [0.1, 0.15) is 40.5 Å². The quantitative estimate of drug-likeness (QED) is 0.378. The van der Waals surface area contributed by atoms with E-state index in [4.69, 9.17) is 4.74 Å². The van der Waals surface area contributed by atoms with Crippen LogP contribution < -0.4 is 20.7 Å². The van der Waals surface area contributed by atoms with E-state index in [0.29, 0.717) is 30.0 Å². The van der Waals surface area contributed by atoms with Crippen LogP contribution in [0.15, 0.2) is 67.3 Å². The van der Waals surface area contributed by atoms with Crippen LogP contribution in [0.2, 0.25) is 0 Å². The molecule has 0 saturated carbocycles. The Bertz CT molecular complexity index is 1100. The standard InChI is InChI=1S/C25H29N5O4/c1-3-21(25(33)27-13-6-15-30-16-14-26-17-30)28-24(32)20-7-4-5-8-22(20)29-23(31)18-9-11-19(34-2)12-10-18/h4-5,7-12,14,16-17,21H,3,6,13,15H2,1-2H3,(H,27,33)(H,28,32)(H,29,31)/t21-/m0/s1. The van der Waals surface area contributed by atoms with Crippen LogP contribution in [-0.2, 0) is 11.3 Å². The molecule has 178 valence electrons. The summed E-state index contributed by atoms with van der Waals surface area (Å²) in [5.41, 5.74) is 1.06. The normalized spacial score (nSPS) is 11.4. The van der Waals surface area contributed by atoms with E-state index in [-0.39, 0.29) is 17.4 Å². The molecule has 0 radical (unpaired) electrons. The van der Waals surface area contributed by atoms with Crippen molar-refractivity contribution in [2.75, 3.05) is 19.0 Å². The smallest absolute Gasteiger partial charge is 0.255 e. The first-order valence-electron chi connectivity index (χ1n) is 11.1. The van der Waals surface area contributed by atoms with Gasteiger partial charge < -0.3 is 25.3 Å². The average molecular weight is 464 g/mol. The Morgan fingerprint density at radius 1 is 1.06 bits per heavy atom. The van der Waals surface area contributed by atoms with Gasteiger partial charge in [-0.25, -0.2) is 4.98 Å². The molecule has 0 spiro atoms. The van der Waals surface area contributed by atoms with Gasteiger partial charge in [0, 0.05) is 31.0 Å². The lowest BCUT2D eigenvalue weighted by atomic mass is 10.1. The molecule has 9 heteroatoms. The minimum Gasteiger partial charge on any atom is -0.497 e. The van der Waals surface area contributed by atoms with E-state index in [1.165, 1.54) is 0 Å². The Balaban J connectivity index is 1.58. The summed E-state index contributed by atoms with van der Waals surface area (Å²) in [5.74, 6) is -0.403. The van der Waals surface area contributed by atoms with Crippen molar-refractivity contribution in [1.82, 2.24) is 20.2 Å². The zero-order valence-corrected chi connectivity index (χ0v) is 19.3. The Morgan fingerprint density at radius 2 is 1.82 bits per heavy atom. The zero-order chi connectivity index (χ0) is 24.3. The molecule has 0 aliphatic rings. The van der Waals surface area contributed by atoms with Crippen molar-refractivity contribution in [3.63, 3.8) is 0 Å². The summed E-state index contributed by atoms with van der Waals surface area (Å²) in [4.78, 5) is 42.2. The third-order valence-electron chi connectivity index (χ3n) is 5.25. The summed E-state index contributed by atoms with van der Waals surface area (Å²) >= 11 is 0. The highest BCUT2D eigenvalue weighted by Crippen LogP contribution is 2.18. The Hall–Kier alpha value is -4.14. The number of carbonyl (C=O) groups is 3. The number of hydrogen-bond acceptors (Lipinski definition) is 5. The second-order valence-electron chi connectivity index (χ2n) is 7.61. The molecule has 0 aliphatic heterocycles. The maximum atomic E-state index is 13.0. The lowest BCUT2D eigenvalue weighted by Crippen LogP contribution is -2.46. The van der Waals surface area contributed by atoms with Gasteiger partial charge in [-0.1, -0.05) is 19.1 Å². The fourth-order valence-corrected chi connectivity index (χ4v) is 3.33. The Labute approximate surface area is 198 Å². The zero-order valence-electron chi connectivity index (χ0n) is 19.3. The first-order valence-corrected chi connectivity index (χ1v) is 11.1. The molecule has 3 amide bonds. The van der Waals surface area contributed by atoms with Gasteiger partial charge in [-0.05, 0) is 49.2 Å². The van der Waals surface area contributed by atoms with Crippen LogP contribution in [0.3, 0.4) is 0 Å². The number of benzene rings is 2. The molecule has 1 atom stereocenters. The molecule has 0 saturated heterocycles. The van der Waals surface area contributed by atoms with Gasteiger partial charge in [0.1, 0.15) is 11.8 Å². The molecule has 3 N–H and O–H groups in total. The molecule has 9 nitrogen and oxygen atoms in total. The molecule has 3 rings (SSSR count). The van der Waals surface area contributed by atoms with E-state index < -0.39 is 11.9 Å². The van der Waals surface area contributed by atoms with Gasteiger partial charge in [0.2, 0.25) is 5.91 Å². The lowest BCUT2D eigenvalue weighted by Gasteiger charge is -2.18. The van der Waals surface area contributed by atoms with Gasteiger partial charge >= 0.3 is 0 Å². The van der Waals surface area contributed by atoms with Gasteiger partial charge in [-0.3, -0.25) is 14.4 Å². The molecule has 34 heavy (non-hydrogen) atoms. The lowest BCUT2D eigenvalue weighted by molar-refractivity contribution is -0.123. The number of anilines is 1. The molecule has 1 aromatic heterocycles. The number of rotatable bonds is 11. The number of amides is 3. The van der Waals surface area contributed by atoms with E-state index in [1.807, 2.05) is 17.7 Å². The molecule has 1 heterocycles. The first kappa shape index (κ1) is 24.5. The molecular weight excluding hydrogens is 434 g/mol. The van der Waals surface area contributed by atoms with E-state index in [1.54, 1.807) is 68.2 Å². The largest absolute Gasteiger partial charge is 0.497 e. The van der Waals surface area contributed by atoms with Crippen molar-refractivity contribution < 1.29 is 19.1 Å². The summed E-state index contributed by atoms with van der Waals surface area (Å²) in [6, 6.07) is 12.6. The maximum absolute atomic E-state index is 13.0. The predicted octanol–water partition coefficient (Wildman–Crippen LogP) is 2.86. The van der Waals surface area contributed by atoms with Gasteiger partial charge in [0.05, 0.1) is 24.7 Å². The van der Waals surface area contributed by atoms with Gasteiger partial charge in [-0.2, -0.15) is 0 Å². The summed E-state index contributed by atoms with van der Waals surface area (Å²) < 4.78 is 7.04. The number of imidazole rings is 1. The van der Waals surface area contributed by atoms with Crippen molar-refractivity contribution in [2.45, 2.75) is 32.4 Å². The number of carbonyl (C=O) groups excluding carboxylic acids is 3. The topological polar surface area (TPSA) is 114 Å². The predicted molar refractivity (Wildman–Crippen MR) is 129 cm³/mol. The number of methoxy groups -OCH3 is 1. The number of nitrogens with zero attached hydrogens (tertiary/aromatic N) is 2. The second kappa shape index (κ2) is 12.2. The van der Waals surface area contributed by atoms with Crippen LogP contribution in [0.25, 0.3) is 0 Å². The highest BCUT2D eigenvalue weighted by Gasteiger charge is 2.21. The van der Waals surface area contributed by atoms with E-state index in [9.17, 15) is 14.4 Å². The van der Waals surface area contributed by atoms with Crippen molar-refractivity contribution in [1.29, 1.82) is 0 Å². The number of hydrogen-bond donors (Lipinski definition) is 3. The summed E-state index contributed by atoms with van der Waals surface area (Å²) in [7, 11) is 1.55. The van der Waals surface area contributed by atoms with Crippen LogP contribution in [0.5, 0.6) is 5.75 Å². The minimum absolute atomic E-state index is 0.249. The Kier molecular flexibility index (Phi) is 8.79. The summed E-state index contributed by atoms with van der Waals surface area (Å²) in [6.07, 6.45) is 6.47. The third-order valence-corrected chi connectivity index (χ3v) is 5.25. The minimum atomic E-state index is -0.689. The Morgan fingerprint density at radius 3 is 2.50 bits per heavy atom. The molecular formula is C25H29N5O4. The fourth-order valence-electron chi connectivity index (χ4n) is 3.33. The summed E-state index contributed by atoms with van der Waals surface area (Å²) in [5, 5.41) is 8.41. The maximum Gasteiger partial charge on any atom is 0.255 e. The van der Waals surface area contributed by atoms with E-state index >= 15 is 0 Å². The van der Waals surface area contributed by atoms with Crippen molar-refractivity contribution in [3.05, 3.63) is 78.4 Å². The first-order chi connectivity index (χ1) is 16.5. The SMILES string of the molecule is CC[C@H](NC(=O)c1ccccc1NC(=O)c1ccc(OC)cc1)C(=O)NCCCn1ccnc1. The number of para-hydroxylation sites is 1.